The first-order chi connectivity index (χ1) is 20.0. The number of pyridine rings is 1. The summed E-state index contributed by atoms with van der Waals surface area (Å²) in [6, 6.07) is 14.4. The van der Waals surface area contributed by atoms with Crippen molar-refractivity contribution >= 4 is 27.5 Å². The van der Waals surface area contributed by atoms with Crippen LogP contribution in [-0.2, 0) is 4.74 Å². The Kier molecular flexibility index (Phi) is 7.67. The normalized spacial score (nSPS) is 21.4. The maximum absolute atomic E-state index is 16.5. The Morgan fingerprint density at radius 1 is 1.17 bits per heavy atom. The molecule has 0 amide bonds. The van der Waals surface area contributed by atoms with E-state index < -0.39 is 5.82 Å². The second kappa shape index (κ2) is 11.5. The highest BCUT2D eigenvalue weighted by atomic mass is 19.1. The Labute approximate surface area is 238 Å². The Morgan fingerprint density at radius 3 is 2.78 bits per heavy atom. The number of nitriles is 1. The quantitative estimate of drug-likeness (QED) is 0.362. The van der Waals surface area contributed by atoms with Crippen LogP contribution in [0.25, 0.3) is 32.9 Å². The fourth-order valence-corrected chi connectivity index (χ4v) is 6.07. The molecule has 0 aliphatic carbocycles. The van der Waals surface area contributed by atoms with Crippen molar-refractivity contribution in [3.05, 3.63) is 54.0 Å². The zero-order valence-electron chi connectivity index (χ0n) is 23.6. The van der Waals surface area contributed by atoms with E-state index in [0.29, 0.717) is 43.9 Å². The van der Waals surface area contributed by atoms with Crippen LogP contribution in [0, 0.1) is 24.1 Å². The molecule has 3 atom stereocenters. The van der Waals surface area contributed by atoms with Gasteiger partial charge in [-0.15, -0.1) is 0 Å². The van der Waals surface area contributed by atoms with Crippen molar-refractivity contribution in [2.24, 2.45) is 0 Å². The topological polar surface area (TPSA) is 99.4 Å². The van der Waals surface area contributed by atoms with Crippen molar-refractivity contribution in [3.63, 3.8) is 0 Å². The number of piperazine rings is 1. The van der Waals surface area contributed by atoms with Crippen LogP contribution in [0.4, 0.5) is 10.2 Å². The van der Waals surface area contributed by atoms with E-state index in [1.54, 1.807) is 13.3 Å². The molecule has 9 nitrogen and oxygen atoms in total. The molecular weight excluding hydrogens is 521 g/mol. The summed E-state index contributed by atoms with van der Waals surface area (Å²) in [6.07, 6.45) is 3.02. The molecule has 0 radical (unpaired) electrons. The molecule has 2 fully saturated rings. The van der Waals surface area contributed by atoms with Crippen LogP contribution in [0.3, 0.4) is 0 Å². The lowest BCUT2D eigenvalue weighted by molar-refractivity contribution is 0.111. The number of nitrogens with zero attached hydrogens (tertiary/aromatic N) is 6. The number of aromatic nitrogens is 3. The van der Waals surface area contributed by atoms with Gasteiger partial charge in [0.15, 0.2) is 5.82 Å². The zero-order valence-corrected chi connectivity index (χ0v) is 23.6. The first kappa shape index (κ1) is 27.3. The van der Waals surface area contributed by atoms with Gasteiger partial charge < -0.3 is 19.7 Å². The van der Waals surface area contributed by atoms with Crippen molar-refractivity contribution in [3.8, 4) is 23.3 Å². The number of likely N-dealkylation sites (tertiary alicyclic amines) is 1. The molecule has 2 aliphatic rings. The van der Waals surface area contributed by atoms with Gasteiger partial charge in [-0.1, -0.05) is 36.4 Å². The second-order valence-electron chi connectivity index (χ2n) is 10.9. The lowest BCUT2D eigenvalue weighted by Gasteiger charge is -2.34. The third kappa shape index (κ3) is 5.28. The van der Waals surface area contributed by atoms with E-state index in [9.17, 15) is 5.26 Å². The smallest absolute Gasteiger partial charge is 0.319 e. The Morgan fingerprint density at radius 2 is 2.00 bits per heavy atom. The molecule has 212 valence electrons. The van der Waals surface area contributed by atoms with Crippen LogP contribution < -0.4 is 15.0 Å². The molecule has 1 N–H and O–H groups in total. The molecule has 0 bridgehead atoms. The van der Waals surface area contributed by atoms with Gasteiger partial charge >= 0.3 is 6.01 Å². The molecule has 4 heterocycles. The minimum absolute atomic E-state index is 0.0167. The van der Waals surface area contributed by atoms with Gasteiger partial charge in [0.2, 0.25) is 0 Å². The molecule has 1 unspecified atom stereocenters. The molecule has 0 spiro atoms. The average Bonchev–Trinajstić information content (AvgIpc) is 3.36. The predicted molar refractivity (Wildman–Crippen MR) is 157 cm³/mol. The van der Waals surface area contributed by atoms with E-state index in [1.807, 2.05) is 50.4 Å². The summed E-state index contributed by atoms with van der Waals surface area (Å²) < 4.78 is 28.2. The molecule has 10 heteroatoms. The fourth-order valence-electron chi connectivity index (χ4n) is 6.07. The summed E-state index contributed by atoms with van der Waals surface area (Å²) in [6.45, 7) is 5.10. The van der Waals surface area contributed by atoms with Crippen LogP contribution in [-0.4, -0.2) is 85.0 Å². The molecule has 2 aliphatic heterocycles. The van der Waals surface area contributed by atoms with Gasteiger partial charge in [-0.05, 0) is 36.7 Å². The minimum atomic E-state index is -0.507. The van der Waals surface area contributed by atoms with Gasteiger partial charge in [-0.25, -0.2) is 4.39 Å². The Balaban J connectivity index is 1.44. The number of anilines is 1. The van der Waals surface area contributed by atoms with Crippen LogP contribution in [0.5, 0.6) is 6.01 Å². The molecule has 4 aromatic rings. The van der Waals surface area contributed by atoms with Crippen molar-refractivity contribution in [2.45, 2.75) is 38.0 Å². The molecule has 41 heavy (non-hydrogen) atoms. The van der Waals surface area contributed by atoms with E-state index >= 15 is 4.39 Å². The second-order valence-corrected chi connectivity index (χ2v) is 10.9. The number of fused-ring (bicyclic) bond motifs is 2. The predicted octanol–water partition coefficient (Wildman–Crippen LogP) is 4.08. The lowest BCUT2D eigenvalue weighted by Crippen LogP contribution is -2.51. The highest BCUT2D eigenvalue weighted by Crippen LogP contribution is 2.36. The van der Waals surface area contributed by atoms with E-state index in [4.69, 9.17) is 14.5 Å². The SMILES string of the molecule is CO[C@@H]1CC(COc2nc(N3CCN[C@@H](CC#N)C3)c3cnc(-c4cccc5cccc(C)c45)c(F)c3n2)N(C)C1. The Hall–Kier alpha value is -3.91. The molecule has 2 aromatic carbocycles. The number of rotatable bonds is 7. The van der Waals surface area contributed by atoms with Crippen molar-refractivity contribution < 1.29 is 13.9 Å². The van der Waals surface area contributed by atoms with E-state index in [1.165, 1.54) is 0 Å². The summed E-state index contributed by atoms with van der Waals surface area (Å²) in [4.78, 5) is 18.3. The number of hydrogen-bond donors (Lipinski definition) is 1. The zero-order chi connectivity index (χ0) is 28.5. The minimum Gasteiger partial charge on any atom is -0.462 e. The molecule has 2 aromatic heterocycles. The summed E-state index contributed by atoms with van der Waals surface area (Å²) >= 11 is 0. The summed E-state index contributed by atoms with van der Waals surface area (Å²) in [5, 5.41) is 15.1. The van der Waals surface area contributed by atoms with E-state index in [-0.39, 0.29) is 35.4 Å². The maximum atomic E-state index is 16.5. The van der Waals surface area contributed by atoms with Crippen molar-refractivity contribution in [2.75, 3.05) is 51.8 Å². The number of methoxy groups -OCH3 is 1. The fraction of sp³-hybridized carbons (Fsp3) is 0.419. The standard InChI is InChI=1S/C31H34FN7O2/c1-19-6-4-7-20-8-5-9-24(26(19)20)28-27(32)29-25(15-35-28)30(39-13-12-34-21(16-39)10-11-33)37-31(36-29)41-18-22-14-23(40-3)17-38(22)2/h4-9,15,21-23,34H,10,12-14,16-18H2,1-3H3/t21-,22?,23+/m0/s1. The van der Waals surface area contributed by atoms with Crippen LogP contribution >= 0.6 is 0 Å². The number of hydrogen-bond acceptors (Lipinski definition) is 9. The van der Waals surface area contributed by atoms with Crippen LogP contribution in [0.2, 0.25) is 0 Å². The molecule has 6 rings (SSSR count). The molecule has 0 saturated carbocycles. The van der Waals surface area contributed by atoms with Gasteiger partial charge in [0.05, 0.1) is 24.0 Å². The number of halogens is 1. The van der Waals surface area contributed by atoms with E-state index in [2.05, 4.69) is 31.2 Å². The maximum Gasteiger partial charge on any atom is 0.319 e. The van der Waals surface area contributed by atoms with E-state index in [0.717, 1.165) is 34.9 Å². The number of benzene rings is 2. The largest absolute Gasteiger partial charge is 0.462 e. The summed E-state index contributed by atoms with van der Waals surface area (Å²) in [5.74, 6) is 0.0592. The van der Waals surface area contributed by atoms with Crippen LogP contribution in [0.1, 0.15) is 18.4 Å². The first-order valence-corrected chi connectivity index (χ1v) is 14.0. The molecule has 2 saturated heterocycles. The Bertz CT molecular complexity index is 1620. The number of ether oxygens (including phenoxy) is 2. The summed E-state index contributed by atoms with van der Waals surface area (Å²) in [7, 11) is 3.76. The third-order valence-electron chi connectivity index (χ3n) is 8.29. The average molecular weight is 556 g/mol. The molecular formula is C31H34FN7O2. The lowest BCUT2D eigenvalue weighted by atomic mass is 9.97. The van der Waals surface area contributed by atoms with Gasteiger partial charge in [-0.2, -0.15) is 15.2 Å². The highest BCUT2D eigenvalue weighted by molar-refractivity contribution is 6.00. The first-order valence-electron chi connectivity index (χ1n) is 14.0. The number of aryl methyl sites for hydroxylation is 1. The third-order valence-corrected chi connectivity index (χ3v) is 8.29. The highest BCUT2D eigenvalue weighted by Gasteiger charge is 2.31. The van der Waals surface area contributed by atoms with Crippen LogP contribution in [0.15, 0.2) is 42.6 Å². The van der Waals surface area contributed by atoms with Crippen molar-refractivity contribution in [1.29, 1.82) is 5.26 Å². The summed E-state index contributed by atoms with van der Waals surface area (Å²) in [5.41, 5.74) is 2.18. The van der Waals surface area contributed by atoms with Crippen molar-refractivity contribution in [1.82, 2.24) is 25.2 Å². The van der Waals surface area contributed by atoms with Gasteiger partial charge in [0.25, 0.3) is 0 Å². The van der Waals surface area contributed by atoms with Gasteiger partial charge in [0, 0.05) is 57.1 Å². The number of nitrogens with one attached hydrogen (secondary N) is 1. The number of likely N-dealkylation sites (N-methyl/N-ethyl adjacent to an activating group) is 1. The van der Waals surface area contributed by atoms with Gasteiger partial charge in [0.1, 0.15) is 23.6 Å². The monoisotopic (exact) mass is 555 g/mol. The van der Waals surface area contributed by atoms with Gasteiger partial charge in [-0.3, -0.25) is 9.88 Å².